The van der Waals surface area contributed by atoms with Gasteiger partial charge in [0.05, 0.1) is 4.91 Å². The number of thiocarbonyl (C=S) groups is 1. The van der Waals surface area contributed by atoms with Gasteiger partial charge in [-0.2, -0.15) is 0 Å². The molecule has 5 nitrogen and oxygen atoms in total. The number of nitrogens with zero attached hydrogens (tertiary/aromatic N) is 2. The van der Waals surface area contributed by atoms with E-state index in [-0.39, 0.29) is 18.3 Å². The molecule has 0 atom stereocenters. The van der Waals surface area contributed by atoms with Crippen molar-refractivity contribution in [3.63, 3.8) is 0 Å². The number of allylic oxidation sites excluding steroid dienone is 2. The minimum Gasteiger partial charge on any atom is -0.464 e. The van der Waals surface area contributed by atoms with Crippen molar-refractivity contribution in [3.8, 4) is 0 Å². The van der Waals surface area contributed by atoms with Crippen molar-refractivity contribution in [2.24, 2.45) is 0 Å². The van der Waals surface area contributed by atoms with Crippen LogP contribution in [0.5, 0.6) is 0 Å². The first-order valence-electron chi connectivity index (χ1n) is 8.75. The molecule has 1 heterocycles. The van der Waals surface area contributed by atoms with Crippen LogP contribution in [0.4, 0.5) is 0 Å². The Morgan fingerprint density at radius 2 is 2.04 bits per heavy atom. The molecule has 1 aromatic carbocycles. The van der Waals surface area contributed by atoms with Crippen molar-refractivity contribution in [2.45, 2.75) is 12.8 Å². The van der Waals surface area contributed by atoms with E-state index in [0.29, 0.717) is 35.3 Å². The fourth-order valence-electron chi connectivity index (χ4n) is 2.31. The number of carbonyl (C=O) groups excluding carboxylic acids is 2. The molecule has 1 aromatic rings. The highest BCUT2D eigenvalue weighted by molar-refractivity contribution is 8.26. The van der Waals surface area contributed by atoms with Crippen molar-refractivity contribution in [2.75, 3.05) is 33.8 Å². The van der Waals surface area contributed by atoms with Gasteiger partial charge in [0, 0.05) is 19.5 Å². The molecular weight excluding hydrogens is 380 g/mol. The Bertz CT molecular complexity index is 730. The van der Waals surface area contributed by atoms with Crippen LogP contribution in [0.25, 0.3) is 6.08 Å². The predicted molar refractivity (Wildman–Crippen MR) is 114 cm³/mol. The first-order chi connectivity index (χ1) is 13.0. The number of benzene rings is 1. The maximum atomic E-state index is 12.5. The fourth-order valence-corrected chi connectivity index (χ4v) is 3.57. The van der Waals surface area contributed by atoms with E-state index in [1.165, 1.54) is 11.8 Å². The van der Waals surface area contributed by atoms with Crippen molar-refractivity contribution < 1.29 is 14.3 Å². The van der Waals surface area contributed by atoms with Crippen LogP contribution >= 0.6 is 24.0 Å². The average molecular weight is 405 g/mol. The zero-order valence-corrected chi connectivity index (χ0v) is 17.2. The topological polar surface area (TPSA) is 49.9 Å². The number of carbonyl (C=O) groups is 2. The third kappa shape index (κ3) is 7.28. The van der Waals surface area contributed by atoms with E-state index in [4.69, 9.17) is 17.0 Å². The lowest BCUT2D eigenvalue weighted by atomic mass is 10.2. The van der Waals surface area contributed by atoms with Gasteiger partial charge in [-0.15, -0.1) is 0 Å². The molecule has 0 radical (unpaired) electrons. The third-order valence-electron chi connectivity index (χ3n) is 3.77. The van der Waals surface area contributed by atoms with Crippen LogP contribution in [0.3, 0.4) is 0 Å². The molecule has 0 unspecified atom stereocenters. The number of esters is 1. The maximum Gasteiger partial charge on any atom is 0.305 e. The summed E-state index contributed by atoms with van der Waals surface area (Å²) in [6.07, 6.45) is 6.37. The molecule has 27 heavy (non-hydrogen) atoms. The second-order valence-corrected chi connectivity index (χ2v) is 7.93. The van der Waals surface area contributed by atoms with Crippen LogP contribution in [0.2, 0.25) is 0 Å². The highest BCUT2D eigenvalue weighted by Crippen LogP contribution is 2.31. The van der Waals surface area contributed by atoms with E-state index < -0.39 is 0 Å². The van der Waals surface area contributed by atoms with E-state index in [1.807, 2.05) is 61.5 Å². The van der Waals surface area contributed by atoms with E-state index >= 15 is 0 Å². The number of thioether (sulfide) groups is 1. The zero-order valence-electron chi connectivity index (χ0n) is 15.6. The molecule has 0 aromatic heterocycles. The highest BCUT2D eigenvalue weighted by Gasteiger charge is 2.31. The van der Waals surface area contributed by atoms with Gasteiger partial charge in [0.15, 0.2) is 0 Å². The summed E-state index contributed by atoms with van der Waals surface area (Å²) in [5.74, 6) is -0.354. The normalized spacial score (nSPS) is 16.1. The number of hydrogen-bond donors (Lipinski definition) is 0. The maximum absolute atomic E-state index is 12.5. The number of likely N-dealkylation sites (N-methyl/N-ethyl adjacent to an activating group) is 1. The minimum atomic E-state index is -0.247. The Hall–Kier alpha value is -1.96. The summed E-state index contributed by atoms with van der Waals surface area (Å²) in [5, 5.41) is 0. The molecule has 1 saturated heterocycles. The summed E-state index contributed by atoms with van der Waals surface area (Å²) in [5.41, 5.74) is 1.07. The second kappa shape index (κ2) is 11.0. The molecule has 2 rings (SSSR count). The summed E-state index contributed by atoms with van der Waals surface area (Å²) in [7, 11) is 3.84. The van der Waals surface area contributed by atoms with Gasteiger partial charge >= 0.3 is 5.97 Å². The molecule has 1 amide bonds. The number of amides is 1. The van der Waals surface area contributed by atoms with Gasteiger partial charge in [-0.25, -0.2) is 0 Å². The molecule has 0 N–H and O–H groups in total. The van der Waals surface area contributed by atoms with Gasteiger partial charge < -0.3 is 9.64 Å². The van der Waals surface area contributed by atoms with Crippen LogP contribution < -0.4 is 0 Å². The predicted octanol–water partition coefficient (Wildman–Crippen LogP) is 3.33. The molecule has 1 aliphatic heterocycles. The minimum absolute atomic E-state index is 0.108. The quantitative estimate of drug-likeness (QED) is 0.357. The zero-order chi connectivity index (χ0) is 19.6. The van der Waals surface area contributed by atoms with Crippen molar-refractivity contribution in [1.29, 1.82) is 0 Å². The first kappa shape index (κ1) is 21.3. The Kier molecular flexibility index (Phi) is 8.71. The van der Waals surface area contributed by atoms with Crippen molar-refractivity contribution in [1.82, 2.24) is 9.80 Å². The lowest BCUT2D eigenvalue weighted by Gasteiger charge is -2.14. The van der Waals surface area contributed by atoms with Crippen LogP contribution in [-0.2, 0) is 14.3 Å². The molecule has 1 aliphatic rings. The Morgan fingerprint density at radius 1 is 1.30 bits per heavy atom. The largest absolute Gasteiger partial charge is 0.464 e. The van der Waals surface area contributed by atoms with Gasteiger partial charge in [-0.05, 0) is 32.2 Å². The summed E-state index contributed by atoms with van der Waals surface area (Å²) in [6, 6.07) is 9.87. The average Bonchev–Trinajstić information content (AvgIpc) is 2.90. The van der Waals surface area contributed by atoms with E-state index in [0.717, 1.165) is 5.56 Å². The molecular formula is C20H24N2O3S2. The van der Waals surface area contributed by atoms with Gasteiger partial charge in [0.1, 0.15) is 10.9 Å². The second-order valence-electron chi connectivity index (χ2n) is 6.25. The van der Waals surface area contributed by atoms with Gasteiger partial charge in [0.2, 0.25) is 0 Å². The Balaban J connectivity index is 1.79. The van der Waals surface area contributed by atoms with E-state index in [9.17, 15) is 9.59 Å². The van der Waals surface area contributed by atoms with Crippen LogP contribution in [0.15, 0.2) is 47.4 Å². The van der Waals surface area contributed by atoms with Crippen LogP contribution in [0.1, 0.15) is 18.4 Å². The number of rotatable bonds is 9. The summed E-state index contributed by atoms with van der Waals surface area (Å²) >= 11 is 6.59. The SMILES string of the molecule is CN(C)CCOC(=O)CCCN1C(=O)/C(=C/C=C/c2ccccc2)SC1=S. The van der Waals surface area contributed by atoms with Crippen LogP contribution in [-0.4, -0.2) is 59.8 Å². The lowest BCUT2D eigenvalue weighted by Crippen LogP contribution is -2.29. The third-order valence-corrected chi connectivity index (χ3v) is 5.17. The number of ether oxygens (including phenoxy) is 1. The molecule has 0 aliphatic carbocycles. The summed E-state index contributed by atoms with van der Waals surface area (Å²) < 4.78 is 5.67. The van der Waals surface area contributed by atoms with E-state index in [1.54, 1.807) is 11.0 Å². The standard InChI is InChI=1S/C20H24N2O3S2/c1-21(2)14-15-25-18(23)12-7-13-22-19(24)17(27-20(22)26)11-6-10-16-8-4-3-5-9-16/h3-6,8-11H,7,12-15H2,1-2H3/b10-6+,17-11-. The molecule has 144 valence electrons. The highest BCUT2D eigenvalue weighted by atomic mass is 32.2. The van der Waals surface area contributed by atoms with Gasteiger partial charge in [0.25, 0.3) is 5.91 Å². The fraction of sp³-hybridized carbons (Fsp3) is 0.350. The smallest absolute Gasteiger partial charge is 0.305 e. The molecule has 0 saturated carbocycles. The Morgan fingerprint density at radius 3 is 2.74 bits per heavy atom. The summed E-state index contributed by atoms with van der Waals surface area (Å²) in [4.78, 5) is 28.3. The van der Waals surface area contributed by atoms with Gasteiger partial charge in [-0.1, -0.05) is 66.5 Å². The molecule has 1 fully saturated rings. The van der Waals surface area contributed by atoms with E-state index in [2.05, 4.69) is 0 Å². The summed E-state index contributed by atoms with van der Waals surface area (Å²) in [6.45, 7) is 1.50. The van der Waals surface area contributed by atoms with Crippen molar-refractivity contribution >= 4 is 46.3 Å². The van der Waals surface area contributed by atoms with Crippen molar-refractivity contribution in [3.05, 3.63) is 53.0 Å². The number of hydrogen-bond acceptors (Lipinski definition) is 6. The van der Waals surface area contributed by atoms with Crippen LogP contribution in [0, 0.1) is 0 Å². The lowest BCUT2D eigenvalue weighted by molar-refractivity contribution is -0.144. The van der Waals surface area contributed by atoms with Gasteiger partial charge in [-0.3, -0.25) is 14.5 Å². The molecule has 0 spiro atoms. The molecule has 0 bridgehead atoms. The first-order valence-corrected chi connectivity index (χ1v) is 9.97. The monoisotopic (exact) mass is 404 g/mol. The Labute approximate surface area is 170 Å². The molecule has 7 heteroatoms.